The fourth-order valence-corrected chi connectivity index (χ4v) is 2.92. The third kappa shape index (κ3) is 3.67. The third-order valence-corrected chi connectivity index (χ3v) is 3.99. The second-order valence-electron chi connectivity index (χ2n) is 5.80. The van der Waals surface area contributed by atoms with Crippen LogP contribution in [0, 0.1) is 0 Å². The molecule has 5 nitrogen and oxygen atoms in total. The van der Waals surface area contributed by atoms with Crippen molar-refractivity contribution in [1.29, 1.82) is 0 Å². The molecule has 116 valence electrons. The van der Waals surface area contributed by atoms with E-state index in [0.29, 0.717) is 13.2 Å². The Morgan fingerprint density at radius 2 is 2.05 bits per heavy atom. The molecule has 1 fully saturated rings. The SMILES string of the molecule is CC1CN(CC(N)c2ccc3c(c2)OCCO3)CCCO1. The number of nitrogens with zero attached hydrogens (tertiary/aromatic N) is 1. The van der Waals surface area contributed by atoms with Gasteiger partial charge in [-0.25, -0.2) is 0 Å². The topological polar surface area (TPSA) is 57.0 Å². The maximum absolute atomic E-state index is 6.38. The average Bonchev–Trinajstić information content (AvgIpc) is 2.70. The third-order valence-electron chi connectivity index (χ3n) is 3.99. The summed E-state index contributed by atoms with van der Waals surface area (Å²) >= 11 is 0. The van der Waals surface area contributed by atoms with Gasteiger partial charge in [-0.1, -0.05) is 6.07 Å². The highest BCUT2D eigenvalue weighted by Gasteiger charge is 2.20. The Labute approximate surface area is 126 Å². The van der Waals surface area contributed by atoms with Crippen LogP contribution in [0.2, 0.25) is 0 Å². The Balaban J connectivity index is 1.65. The molecule has 0 aliphatic carbocycles. The minimum atomic E-state index is -0.0221. The van der Waals surface area contributed by atoms with Gasteiger partial charge in [-0.15, -0.1) is 0 Å². The van der Waals surface area contributed by atoms with E-state index in [2.05, 4.69) is 11.8 Å². The summed E-state index contributed by atoms with van der Waals surface area (Å²) in [7, 11) is 0. The Hall–Kier alpha value is -1.30. The van der Waals surface area contributed by atoms with Gasteiger partial charge in [0.2, 0.25) is 0 Å². The van der Waals surface area contributed by atoms with Crippen LogP contribution in [0.15, 0.2) is 18.2 Å². The van der Waals surface area contributed by atoms with Crippen molar-refractivity contribution >= 4 is 0 Å². The molecule has 0 radical (unpaired) electrons. The maximum Gasteiger partial charge on any atom is 0.161 e. The Bertz CT molecular complexity index is 481. The fourth-order valence-electron chi connectivity index (χ4n) is 2.92. The first-order valence-corrected chi connectivity index (χ1v) is 7.71. The predicted octanol–water partition coefficient (Wildman–Crippen LogP) is 1.57. The van der Waals surface area contributed by atoms with Crippen LogP contribution in [-0.2, 0) is 4.74 Å². The zero-order valence-electron chi connectivity index (χ0n) is 12.6. The molecule has 2 N–H and O–H groups in total. The second kappa shape index (κ2) is 6.64. The molecular weight excluding hydrogens is 268 g/mol. The van der Waals surface area contributed by atoms with Crippen molar-refractivity contribution < 1.29 is 14.2 Å². The Morgan fingerprint density at radius 1 is 1.24 bits per heavy atom. The van der Waals surface area contributed by atoms with Gasteiger partial charge in [0.05, 0.1) is 6.10 Å². The summed E-state index contributed by atoms with van der Waals surface area (Å²) in [6.45, 7) is 7.01. The summed E-state index contributed by atoms with van der Waals surface area (Å²) in [5, 5.41) is 0. The number of fused-ring (bicyclic) bond motifs is 1. The molecule has 2 atom stereocenters. The lowest BCUT2D eigenvalue weighted by Crippen LogP contribution is -2.36. The molecule has 3 rings (SSSR count). The zero-order valence-corrected chi connectivity index (χ0v) is 12.6. The van der Waals surface area contributed by atoms with E-state index >= 15 is 0 Å². The van der Waals surface area contributed by atoms with Gasteiger partial charge >= 0.3 is 0 Å². The highest BCUT2D eigenvalue weighted by Crippen LogP contribution is 2.32. The summed E-state index contributed by atoms with van der Waals surface area (Å²) in [5.74, 6) is 1.62. The minimum absolute atomic E-state index is 0.0221. The molecule has 2 aliphatic rings. The van der Waals surface area contributed by atoms with Crippen molar-refractivity contribution in [3.8, 4) is 11.5 Å². The molecule has 5 heteroatoms. The molecule has 1 aromatic carbocycles. The lowest BCUT2D eigenvalue weighted by molar-refractivity contribution is 0.0670. The quantitative estimate of drug-likeness (QED) is 0.916. The number of hydrogen-bond acceptors (Lipinski definition) is 5. The van der Waals surface area contributed by atoms with Crippen LogP contribution < -0.4 is 15.2 Å². The lowest BCUT2D eigenvalue weighted by Gasteiger charge is -2.26. The summed E-state index contributed by atoms with van der Waals surface area (Å²) in [5.41, 5.74) is 7.47. The lowest BCUT2D eigenvalue weighted by atomic mass is 10.1. The largest absolute Gasteiger partial charge is 0.486 e. The smallest absolute Gasteiger partial charge is 0.161 e. The molecule has 21 heavy (non-hydrogen) atoms. The molecule has 0 bridgehead atoms. The van der Waals surface area contributed by atoms with Crippen LogP contribution in [0.3, 0.4) is 0 Å². The monoisotopic (exact) mass is 292 g/mol. The normalized spacial score (nSPS) is 24.4. The average molecular weight is 292 g/mol. The maximum atomic E-state index is 6.38. The van der Waals surface area contributed by atoms with E-state index in [1.54, 1.807) is 0 Å². The molecule has 2 heterocycles. The summed E-state index contributed by atoms with van der Waals surface area (Å²) < 4.78 is 16.8. The number of nitrogens with two attached hydrogens (primary N) is 1. The summed E-state index contributed by atoms with van der Waals surface area (Å²) in [6.07, 6.45) is 1.35. The first kappa shape index (κ1) is 14.6. The molecule has 0 amide bonds. The summed E-state index contributed by atoms with van der Waals surface area (Å²) in [6, 6.07) is 5.98. The molecule has 0 saturated carbocycles. The van der Waals surface area contributed by atoms with Crippen molar-refractivity contribution in [2.24, 2.45) is 5.73 Å². The van der Waals surface area contributed by atoms with Gasteiger partial charge in [-0.3, -0.25) is 4.90 Å². The van der Waals surface area contributed by atoms with E-state index in [1.165, 1.54) is 0 Å². The molecule has 1 saturated heterocycles. The van der Waals surface area contributed by atoms with Gasteiger partial charge in [-0.2, -0.15) is 0 Å². The summed E-state index contributed by atoms with van der Waals surface area (Å²) in [4.78, 5) is 2.39. The molecule has 2 aliphatic heterocycles. The first-order valence-electron chi connectivity index (χ1n) is 7.71. The van der Waals surface area contributed by atoms with Gasteiger partial charge in [0.15, 0.2) is 11.5 Å². The fraction of sp³-hybridized carbons (Fsp3) is 0.625. The van der Waals surface area contributed by atoms with E-state index < -0.39 is 0 Å². The second-order valence-corrected chi connectivity index (χ2v) is 5.80. The van der Waals surface area contributed by atoms with Gasteiger partial charge in [-0.05, 0) is 31.0 Å². The number of hydrogen-bond donors (Lipinski definition) is 1. The Morgan fingerprint density at radius 3 is 2.90 bits per heavy atom. The van der Waals surface area contributed by atoms with Crippen LogP contribution >= 0.6 is 0 Å². The van der Waals surface area contributed by atoms with Crippen LogP contribution in [0.1, 0.15) is 24.9 Å². The molecule has 2 unspecified atom stereocenters. The predicted molar refractivity (Wildman–Crippen MR) is 80.8 cm³/mol. The number of benzene rings is 1. The zero-order chi connectivity index (χ0) is 14.7. The van der Waals surface area contributed by atoms with E-state index in [0.717, 1.165) is 49.7 Å². The van der Waals surface area contributed by atoms with E-state index in [-0.39, 0.29) is 12.1 Å². The van der Waals surface area contributed by atoms with E-state index in [1.807, 2.05) is 18.2 Å². The first-order chi connectivity index (χ1) is 10.2. The molecule has 1 aromatic rings. The number of rotatable bonds is 3. The van der Waals surface area contributed by atoms with Crippen molar-refractivity contribution in [2.45, 2.75) is 25.5 Å². The highest BCUT2D eigenvalue weighted by atomic mass is 16.6. The van der Waals surface area contributed by atoms with E-state index in [4.69, 9.17) is 19.9 Å². The van der Waals surface area contributed by atoms with Crippen molar-refractivity contribution in [3.05, 3.63) is 23.8 Å². The van der Waals surface area contributed by atoms with E-state index in [9.17, 15) is 0 Å². The number of ether oxygens (including phenoxy) is 3. The Kier molecular flexibility index (Phi) is 4.63. The van der Waals surface area contributed by atoms with Crippen molar-refractivity contribution in [2.75, 3.05) is 39.5 Å². The van der Waals surface area contributed by atoms with Gasteiger partial charge in [0.1, 0.15) is 13.2 Å². The highest BCUT2D eigenvalue weighted by molar-refractivity contribution is 5.44. The molecule has 0 aromatic heterocycles. The van der Waals surface area contributed by atoms with Crippen LogP contribution in [-0.4, -0.2) is 50.5 Å². The standard InChI is InChI=1S/C16H24N2O3/c1-12-10-18(5-2-6-19-12)11-14(17)13-3-4-15-16(9-13)21-8-7-20-15/h3-4,9,12,14H,2,5-8,10-11,17H2,1H3. The van der Waals surface area contributed by atoms with Crippen molar-refractivity contribution in [1.82, 2.24) is 4.90 Å². The minimum Gasteiger partial charge on any atom is -0.486 e. The van der Waals surface area contributed by atoms with Gasteiger partial charge < -0.3 is 19.9 Å². The van der Waals surface area contributed by atoms with Crippen molar-refractivity contribution in [3.63, 3.8) is 0 Å². The van der Waals surface area contributed by atoms with Gasteiger partial charge in [0.25, 0.3) is 0 Å². The van der Waals surface area contributed by atoms with Crippen LogP contribution in [0.4, 0.5) is 0 Å². The molecule has 0 spiro atoms. The van der Waals surface area contributed by atoms with Crippen LogP contribution in [0.5, 0.6) is 11.5 Å². The van der Waals surface area contributed by atoms with Crippen LogP contribution in [0.25, 0.3) is 0 Å². The van der Waals surface area contributed by atoms with Gasteiger partial charge in [0, 0.05) is 32.3 Å². The molecular formula is C16H24N2O3.